The number of nitrogens with zero attached hydrogens (tertiary/aromatic N) is 3. The van der Waals surface area contributed by atoms with Gasteiger partial charge in [-0.05, 0) is 25.0 Å². The van der Waals surface area contributed by atoms with Crippen molar-refractivity contribution in [2.24, 2.45) is 0 Å². The summed E-state index contributed by atoms with van der Waals surface area (Å²) in [7, 11) is -3.51. The van der Waals surface area contributed by atoms with E-state index >= 15 is 0 Å². The summed E-state index contributed by atoms with van der Waals surface area (Å²) in [6, 6.07) is 15.9. The molecule has 0 spiro atoms. The smallest absolute Gasteiger partial charge is 0.243 e. The standard InChI is InChI=1S/C22H24N4O3S2/c27-20(16-30-22-23-21(24-25-22)18-8-4-3-5-9-18)17-10-12-19(13-11-17)31(28,29)26-14-6-1-2-7-15-26/h3-5,8-13H,1-2,6-7,14-16H2,(H,23,24,25). The van der Waals surface area contributed by atoms with Crippen molar-refractivity contribution >= 4 is 27.6 Å². The highest BCUT2D eigenvalue weighted by Crippen LogP contribution is 2.22. The number of nitrogens with one attached hydrogen (secondary N) is 1. The normalized spacial score (nSPS) is 15.5. The number of ketones is 1. The molecular weight excluding hydrogens is 432 g/mol. The zero-order valence-electron chi connectivity index (χ0n) is 17.0. The van der Waals surface area contributed by atoms with Gasteiger partial charge in [0.15, 0.2) is 11.6 Å². The van der Waals surface area contributed by atoms with Gasteiger partial charge in [-0.1, -0.05) is 67.1 Å². The van der Waals surface area contributed by atoms with E-state index in [1.165, 1.54) is 23.9 Å². The second-order valence-electron chi connectivity index (χ2n) is 7.39. The summed E-state index contributed by atoms with van der Waals surface area (Å²) in [5.74, 6) is 0.720. The molecule has 0 bridgehead atoms. The van der Waals surface area contributed by atoms with Crippen molar-refractivity contribution in [2.75, 3.05) is 18.8 Å². The summed E-state index contributed by atoms with van der Waals surface area (Å²) in [5.41, 5.74) is 1.40. The van der Waals surface area contributed by atoms with Crippen molar-refractivity contribution in [3.8, 4) is 11.4 Å². The molecule has 2 heterocycles. The van der Waals surface area contributed by atoms with Crippen LogP contribution in [-0.2, 0) is 10.0 Å². The van der Waals surface area contributed by atoms with Crippen molar-refractivity contribution in [3.05, 3.63) is 60.2 Å². The summed E-state index contributed by atoms with van der Waals surface area (Å²) in [4.78, 5) is 17.2. The summed E-state index contributed by atoms with van der Waals surface area (Å²) < 4.78 is 27.3. The minimum Gasteiger partial charge on any atom is -0.293 e. The molecule has 0 radical (unpaired) electrons. The third-order valence-electron chi connectivity index (χ3n) is 5.22. The molecule has 1 aliphatic rings. The lowest BCUT2D eigenvalue weighted by atomic mass is 10.1. The Bertz CT molecular complexity index is 1120. The molecule has 162 valence electrons. The number of hydrogen-bond donors (Lipinski definition) is 1. The maximum Gasteiger partial charge on any atom is 0.243 e. The first kappa shape index (κ1) is 21.7. The zero-order chi connectivity index (χ0) is 21.7. The highest BCUT2D eigenvalue weighted by molar-refractivity contribution is 7.99. The van der Waals surface area contributed by atoms with E-state index in [1.807, 2.05) is 30.3 Å². The fourth-order valence-corrected chi connectivity index (χ4v) is 5.70. The summed E-state index contributed by atoms with van der Waals surface area (Å²) in [6.07, 6.45) is 3.91. The van der Waals surface area contributed by atoms with Crippen LogP contribution in [0.25, 0.3) is 11.4 Å². The molecule has 31 heavy (non-hydrogen) atoms. The number of aromatic amines is 1. The number of carbonyl (C=O) groups is 1. The molecule has 1 N–H and O–H groups in total. The Hall–Kier alpha value is -2.49. The molecule has 9 heteroatoms. The number of aromatic nitrogens is 3. The number of Topliss-reactive ketones (excluding diaryl/α,β-unsaturated/α-hetero) is 1. The predicted octanol–water partition coefficient (Wildman–Crippen LogP) is 4.01. The van der Waals surface area contributed by atoms with Gasteiger partial charge in [-0.3, -0.25) is 9.89 Å². The summed E-state index contributed by atoms with van der Waals surface area (Å²) in [5, 5.41) is 7.53. The molecule has 0 atom stereocenters. The van der Waals surface area contributed by atoms with Crippen molar-refractivity contribution in [3.63, 3.8) is 0 Å². The van der Waals surface area contributed by atoms with E-state index in [0.717, 1.165) is 31.2 Å². The topological polar surface area (TPSA) is 96.0 Å². The van der Waals surface area contributed by atoms with Crippen LogP contribution in [-0.4, -0.2) is 52.5 Å². The van der Waals surface area contributed by atoms with E-state index < -0.39 is 10.0 Å². The van der Waals surface area contributed by atoms with Crippen molar-refractivity contribution in [1.29, 1.82) is 0 Å². The van der Waals surface area contributed by atoms with Crippen molar-refractivity contribution < 1.29 is 13.2 Å². The van der Waals surface area contributed by atoms with Crippen LogP contribution in [0, 0.1) is 0 Å². The van der Waals surface area contributed by atoms with E-state index in [1.54, 1.807) is 16.4 Å². The first-order chi connectivity index (χ1) is 15.0. The van der Waals surface area contributed by atoms with Crippen LogP contribution in [0.15, 0.2) is 64.6 Å². The Labute approximate surface area is 186 Å². The predicted molar refractivity (Wildman–Crippen MR) is 121 cm³/mol. The number of thioether (sulfide) groups is 1. The van der Waals surface area contributed by atoms with Gasteiger partial charge in [0.2, 0.25) is 15.2 Å². The molecule has 1 aromatic heterocycles. The molecule has 2 aromatic carbocycles. The second kappa shape index (κ2) is 9.76. The molecular formula is C22H24N4O3S2. The SMILES string of the molecule is O=C(CSc1n[nH]c(-c2ccccc2)n1)c1ccc(S(=O)(=O)N2CCCCCC2)cc1. The highest BCUT2D eigenvalue weighted by atomic mass is 32.2. The Balaban J connectivity index is 1.38. The molecule has 0 saturated carbocycles. The number of benzene rings is 2. The third kappa shape index (κ3) is 5.23. The van der Waals surface area contributed by atoms with Crippen LogP contribution >= 0.6 is 11.8 Å². The van der Waals surface area contributed by atoms with E-state index in [9.17, 15) is 13.2 Å². The van der Waals surface area contributed by atoms with Gasteiger partial charge >= 0.3 is 0 Å². The van der Waals surface area contributed by atoms with Crippen molar-refractivity contribution in [1.82, 2.24) is 19.5 Å². The van der Waals surface area contributed by atoms with Crippen LogP contribution in [0.5, 0.6) is 0 Å². The van der Waals surface area contributed by atoms with Crippen LogP contribution < -0.4 is 0 Å². The Morgan fingerprint density at radius 1 is 0.968 bits per heavy atom. The number of rotatable bonds is 7. The van der Waals surface area contributed by atoms with Gasteiger partial charge in [0, 0.05) is 24.2 Å². The maximum absolute atomic E-state index is 12.9. The Morgan fingerprint density at radius 2 is 1.65 bits per heavy atom. The summed E-state index contributed by atoms with van der Waals surface area (Å²) in [6.45, 7) is 1.11. The van der Waals surface area contributed by atoms with E-state index in [-0.39, 0.29) is 16.4 Å². The minimum atomic E-state index is -3.51. The molecule has 3 aromatic rings. The molecule has 1 fully saturated rings. The third-order valence-corrected chi connectivity index (χ3v) is 7.98. The first-order valence-electron chi connectivity index (χ1n) is 10.3. The molecule has 1 saturated heterocycles. The Morgan fingerprint density at radius 3 is 2.32 bits per heavy atom. The van der Waals surface area contributed by atoms with Crippen LogP contribution in [0.4, 0.5) is 0 Å². The maximum atomic E-state index is 12.9. The summed E-state index contributed by atoms with van der Waals surface area (Å²) >= 11 is 1.24. The quantitative estimate of drug-likeness (QED) is 0.426. The molecule has 0 aliphatic carbocycles. The van der Waals surface area contributed by atoms with Crippen molar-refractivity contribution in [2.45, 2.75) is 35.7 Å². The lowest BCUT2D eigenvalue weighted by Gasteiger charge is -2.20. The van der Waals surface area contributed by atoms with Gasteiger partial charge < -0.3 is 0 Å². The fraction of sp³-hybridized carbons (Fsp3) is 0.318. The van der Waals surface area contributed by atoms with E-state index in [0.29, 0.717) is 29.6 Å². The molecule has 0 unspecified atom stereocenters. The van der Waals surface area contributed by atoms with E-state index in [4.69, 9.17) is 0 Å². The van der Waals surface area contributed by atoms with Gasteiger partial charge in [0.05, 0.1) is 10.6 Å². The average molecular weight is 457 g/mol. The monoisotopic (exact) mass is 456 g/mol. The van der Waals surface area contributed by atoms with E-state index in [2.05, 4.69) is 15.2 Å². The highest BCUT2D eigenvalue weighted by Gasteiger charge is 2.25. The molecule has 1 aliphatic heterocycles. The van der Waals surface area contributed by atoms with Gasteiger partial charge in [0.25, 0.3) is 0 Å². The van der Waals surface area contributed by atoms with Gasteiger partial charge in [-0.2, -0.15) is 4.31 Å². The Kier molecular flexibility index (Phi) is 6.84. The van der Waals surface area contributed by atoms with Gasteiger partial charge in [-0.25, -0.2) is 13.4 Å². The molecule has 7 nitrogen and oxygen atoms in total. The van der Waals surface area contributed by atoms with Crippen LogP contribution in [0.3, 0.4) is 0 Å². The zero-order valence-corrected chi connectivity index (χ0v) is 18.7. The lowest BCUT2D eigenvalue weighted by molar-refractivity contribution is 0.102. The molecule has 4 rings (SSSR count). The van der Waals surface area contributed by atoms with Crippen LogP contribution in [0.1, 0.15) is 36.0 Å². The van der Waals surface area contributed by atoms with Gasteiger partial charge in [-0.15, -0.1) is 5.10 Å². The number of hydrogen-bond acceptors (Lipinski definition) is 6. The average Bonchev–Trinajstić information content (AvgIpc) is 3.10. The second-order valence-corrected chi connectivity index (χ2v) is 10.3. The number of carbonyl (C=O) groups excluding carboxylic acids is 1. The molecule has 0 amide bonds. The van der Waals surface area contributed by atoms with Crippen LogP contribution in [0.2, 0.25) is 0 Å². The fourth-order valence-electron chi connectivity index (χ4n) is 3.49. The number of sulfonamides is 1. The minimum absolute atomic E-state index is 0.102. The number of H-pyrrole nitrogens is 1. The van der Waals surface area contributed by atoms with Gasteiger partial charge in [0.1, 0.15) is 0 Å². The largest absolute Gasteiger partial charge is 0.293 e. The lowest BCUT2D eigenvalue weighted by Crippen LogP contribution is -2.31. The first-order valence-corrected chi connectivity index (χ1v) is 12.7.